The van der Waals surface area contributed by atoms with Crippen molar-refractivity contribution in [3.63, 3.8) is 0 Å². The maximum atomic E-state index is 13.6. The highest BCUT2D eigenvalue weighted by atomic mass is 19.1. The van der Waals surface area contributed by atoms with Crippen molar-refractivity contribution in [3.8, 4) is 0 Å². The third-order valence-electron chi connectivity index (χ3n) is 3.00. The molecule has 0 aliphatic heterocycles. The van der Waals surface area contributed by atoms with Gasteiger partial charge in [-0.1, -0.05) is 0 Å². The molecule has 0 aliphatic carbocycles. The number of hydrogen-bond acceptors (Lipinski definition) is 3. The van der Waals surface area contributed by atoms with Crippen LogP contribution in [0.25, 0.3) is 0 Å². The SMILES string of the molecule is CC(c1cc(F)ccc1F)N(C)C(=O)CNC(=O)CN. The van der Waals surface area contributed by atoms with E-state index in [0.29, 0.717) is 0 Å². The summed E-state index contributed by atoms with van der Waals surface area (Å²) in [6, 6.07) is 2.40. The number of halogens is 2. The maximum Gasteiger partial charge on any atom is 0.242 e. The van der Waals surface area contributed by atoms with E-state index >= 15 is 0 Å². The minimum absolute atomic E-state index is 0.0750. The van der Waals surface area contributed by atoms with Crippen LogP contribution in [0.1, 0.15) is 18.5 Å². The summed E-state index contributed by atoms with van der Waals surface area (Å²) in [4.78, 5) is 24.0. The first-order valence-electron chi connectivity index (χ1n) is 6.04. The lowest BCUT2D eigenvalue weighted by atomic mass is 10.1. The molecule has 0 heterocycles. The molecule has 1 aromatic rings. The molecule has 0 bridgehead atoms. The Balaban J connectivity index is 2.75. The van der Waals surface area contributed by atoms with Crippen LogP contribution in [0.3, 0.4) is 0 Å². The Morgan fingerprint density at radius 1 is 1.40 bits per heavy atom. The normalized spacial score (nSPS) is 11.8. The number of carbonyl (C=O) groups excluding carboxylic acids is 2. The lowest BCUT2D eigenvalue weighted by Gasteiger charge is -2.25. The molecular formula is C13H17F2N3O2. The Morgan fingerprint density at radius 2 is 2.05 bits per heavy atom. The Hall–Kier alpha value is -2.02. The van der Waals surface area contributed by atoms with Gasteiger partial charge in [0.2, 0.25) is 11.8 Å². The monoisotopic (exact) mass is 285 g/mol. The van der Waals surface area contributed by atoms with Crippen molar-refractivity contribution in [2.24, 2.45) is 5.73 Å². The van der Waals surface area contributed by atoms with Gasteiger partial charge in [-0.2, -0.15) is 0 Å². The quantitative estimate of drug-likeness (QED) is 0.830. The van der Waals surface area contributed by atoms with Gasteiger partial charge in [0, 0.05) is 12.6 Å². The van der Waals surface area contributed by atoms with Gasteiger partial charge in [-0.15, -0.1) is 0 Å². The van der Waals surface area contributed by atoms with Crippen molar-refractivity contribution in [1.29, 1.82) is 0 Å². The predicted octanol–water partition coefficient (Wildman–Crippen LogP) is 0.559. The summed E-state index contributed by atoms with van der Waals surface area (Å²) >= 11 is 0. The van der Waals surface area contributed by atoms with Gasteiger partial charge in [0.1, 0.15) is 11.6 Å². The minimum atomic E-state index is -0.659. The van der Waals surface area contributed by atoms with E-state index in [-0.39, 0.29) is 18.7 Å². The number of hydrogen-bond donors (Lipinski definition) is 2. The fourth-order valence-electron chi connectivity index (χ4n) is 1.63. The van der Waals surface area contributed by atoms with E-state index in [2.05, 4.69) is 5.32 Å². The van der Waals surface area contributed by atoms with E-state index in [1.165, 1.54) is 11.9 Å². The zero-order valence-corrected chi connectivity index (χ0v) is 11.3. The average molecular weight is 285 g/mol. The first-order valence-corrected chi connectivity index (χ1v) is 6.04. The lowest BCUT2D eigenvalue weighted by Crippen LogP contribution is -2.41. The number of nitrogens with two attached hydrogens (primary N) is 1. The van der Waals surface area contributed by atoms with Crippen LogP contribution < -0.4 is 11.1 Å². The van der Waals surface area contributed by atoms with Crippen molar-refractivity contribution < 1.29 is 18.4 Å². The zero-order valence-electron chi connectivity index (χ0n) is 11.3. The molecule has 1 unspecified atom stereocenters. The number of carbonyl (C=O) groups is 2. The van der Waals surface area contributed by atoms with Gasteiger partial charge in [0.15, 0.2) is 0 Å². The molecule has 20 heavy (non-hydrogen) atoms. The standard InChI is InChI=1S/C13H17F2N3O2/c1-8(10-5-9(14)3-4-11(10)15)18(2)13(20)7-17-12(19)6-16/h3-5,8H,6-7,16H2,1-2H3,(H,17,19). The molecule has 7 heteroatoms. The number of nitrogens with one attached hydrogen (secondary N) is 1. The fourth-order valence-corrected chi connectivity index (χ4v) is 1.63. The van der Waals surface area contributed by atoms with E-state index in [1.54, 1.807) is 6.92 Å². The van der Waals surface area contributed by atoms with Crippen LogP contribution in [-0.2, 0) is 9.59 Å². The molecule has 2 amide bonds. The second kappa shape index (κ2) is 6.95. The second-order valence-corrected chi connectivity index (χ2v) is 4.33. The smallest absolute Gasteiger partial charge is 0.242 e. The lowest BCUT2D eigenvalue weighted by molar-refractivity contribution is -0.133. The van der Waals surface area contributed by atoms with Crippen molar-refractivity contribution in [2.75, 3.05) is 20.1 Å². The van der Waals surface area contributed by atoms with Gasteiger partial charge >= 0.3 is 0 Å². The number of rotatable bonds is 5. The molecule has 0 spiro atoms. The van der Waals surface area contributed by atoms with Gasteiger partial charge in [-0.25, -0.2) is 8.78 Å². The van der Waals surface area contributed by atoms with Crippen LogP contribution in [0, 0.1) is 11.6 Å². The minimum Gasteiger partial charge on any atom is -0.346 e. The van der Waals surface area contributed by atoms with E-state index in [1.807, 2.05) is 0 Å². The Kier molecular flexibility index (Phi) is 5.57. The van der Waals surface area contributed by atoms with Crippen LogP contribution >= 0.6 is 0 Å². The molecule has 5 nitrogen and oxygen atoms in total. The largest absolute Gasteiger partial charge is 0.346 e. The third-order valence-corrected chi connectivity index (χ3v) is 3.00. The summed E-state index contributed by atoms with van der Waals surface area (Å²) in [5.41, 5.74) is 5.17. The topological polar surface area (TPSA) is 75.4 Å². The number of amides is 2. The summed E-state index contributed by atoms with van der Waals surface area (Å²) < 4.78 is 26.8. The molecule has 1 aromatic carbocycles. The molecule has 0 aromatic heterocycles. The third kappa shape index (κ3) is 3.99. The van der Waals surface area contributed by atoms with Crippen molar-refractivity contribution in [2.45, 2.75) is 13.0 Å². The summed E-state index contributed by atoms with van der Waals surface area (Å²) in [5, 5.41) is 2.32. The Labute approximate surface area is 115 Å². The fraction of sp³-hybridized carbons (Fsp3) is 0.385. The highest BCUT2D eigenvalue weighted by Gasteiger charge is 2.20. The number of likely N-dealkylation sites (N-methyl/N-ethyl adjacent to an activating group) is 1. The summed E-state index contributed by atoms with van der Waals surface area (Å²) in [5.74, 6) is -2.06. The molecule has 0 radical (unpaired) electrons. The summed E-state index contributed by atoms with van der Waals surface area (Å²) in [7, 11) is 1.45. The van der Waals surface area contributed by atoms with Crippen LogP contribution in [0.5, 0.6) is 0 Å². The van der Waals surface area contributed by atoms with Crippen LogP contribution in [-0.4, -0.2) is 36.9 Å². The highest BCUT2D eigenvalue weighted by Crippen LogP contribution is 2.22. The highest BCUT2D eigenvalue weighted by molar-refractivity contribution is 5.85. The van der Waals surface area contributed by atoms with Crippen LogP contribution in [0.4, 0.5) is 8.78 Å². The molecule has 0 fully saturated rings. The van der Waals surface area contributed by atoms with Gasteiger partial charge in [0.05, 0.1) is 19.1 Å². The molecular weight excluding hydrogens is 268 g/mol. The molecule has 1 rings (SSSR count). The van der Waals surface area contributed by atoms with E-state index in [9.17, 15) is 18.4 Å². The molecule has 110 valence electrons. The van der Waals surface area contributed by atoms with Crippen molar-refractivity contribution in [3.05, 3.63) is 35.4 Å². The zero-order chi connectivity index (χ0) is 15.3. The Bertz CT molecular complexity index is 508. The maximum absolute atomic E-state index is 13.6. The number of benzene rings is 1. The second-order valence-electron chi connectivity index (χ2n) is 4.33. The Morgan fingerprint density at radius 3 is 2.65 bits per heavy atom. The molecule has 0 saturated heterocycles. The van der Waals surface area contributed by atoms with Crippen molar-refractivity contribution in [1.82, 2.24) is 10.2 Å². The van der Waals surface area contributed by atoms with Gasteiger partial charge in [-0.3, -0.25) is 9.59 Å². The molecule has 0 aliphatic rings. The summed E-state index contributed by atoms with van der Waals surface area (Å²) in [6.45, 7) is 1.11. The average Bonchev–Trinajstić information content (AvgIpc) is 2.45. The van der Waals surface area contributed by atoms with E-state index < -0.39 is 29.5 Å². The predicted molar refractivity (Wildman–Crippen MR) is 69.6 cm³/mol. The molecule has 0 saturated carbocycles. The number of nitrogens with zero attached hydrogens (tertiary/aromatic N) is 1. The first kappa shape index (κ1) is 16.0. The van der Waals surface area contributed by atoms with Gasteiger partial charge in [-0.05, 0) is 25.1 Å². The van der Waals surface area contributed by atoms with Crippen LogP contribution in [0.15, 0.2) is 18.2 Å². The first-order chi connectivity index (χ1) is 9.36. The molecule has 1 atom stereocenters. The summed E-state index contributed by atoms with van der Waals surface area (Å²) in [6.07, 6.45) is 0. The molecule has 3 N–H and O–H groups in total. The van der Waals surface area contributed by atoms with Crippen LogP contribution in [0.2, 0.25) is 0 Å². The van der Waals surface area contributed by atoms with E-state index in [4.69, 9.17) is 5.73 Å². The van der Waals surface area contributed by atoms with Crippen molar-refractivity contribution >= 4 is 11.8 Å². The van der Waals surface area contributed by atoms with E-state index in [0.717, 1.165) is 18.2 Å². The van der Waals surface area contributed by atoms with Gasteiger partial charge in [0.25, 0.3) is 0 Å². The van der Waals surface area contributed by atoms with Gasteiger partial charge < -0.3 is 16.0 Å².